The molecule has 1 aliphatic rings. The molecule has 0 aliphatic heterocycles. The maximum Gasteiger partial charge on any atom is 0.105 e. The summed E-state index contributed by atoms with van der Waals surface area (Å²) in [5.41, 5.74) is 0.758. The highest BCUT2D eigenvalue weighted by Gasteiger charge is 2.34. The van der Waals surface area contributed by atoms with E-state index < -0.39 is 0 Å². The molecule has 0 spiro atoms. The average molecular weight is 152 g/mol. The van der Waals surface area contributed by atoms with Gasteiger partial charge in [-0.15, -0.1) is 0 Å². The summed E-state index contributed by atoms with van der Waals surface area (Å²) >= 11 is 0. The Balaban J connectivity index is 2.48. The fourth-order valence-corrected chi connectivity index (χ4v) is 2.75. The van der Waals surface area contributed by atoms with Crippen LogP contribution in [0.25, 0.3) is 0 Å². The molecule has 0 amide bonds. The SMILES string of the molecule is BC1CCC(CC)(CCC)C1. The van der Waals surface area contributed by atoms with Crippen LogP contribution in [-0.4, -0.2) is 7.85 Å². The highest BCUT2D eigenvalue weighted by Crippen LogP contribution is 2.48. The first-order valence-electron chi connectivity index (χ1n) is 5.22. The van der Waals surface area contributed by atoms with Gasteiger partial charge in [0, 0.05) is 0 Å². The van der Waals surface area contributed by atoms with E-state index in [-0.39, 0.29) is 0 Å². The summed E-state index contributed by atoms with van der Waals surface area (Å²) in [6.45, 7) is 4.69. The van der Waals surface area contributed by atoms with E-state index in [4.69, 9.17) is 0 Å². The minimum Gasteiger partial charge on any atom is -0.0692 e. The van der Waals surface area contributed by atoms with Crippen LogP contribution >= 0.6 is 0 Å². The first-order chi connectivity index (χ1) is 5.22. The van der Waals surface area contributed by atoms with Crippen molar-refractivity contribution in [1.82, 2.24) is 0 Å². The Morgan fingerprint density at radius 1 is 1.45 bits per heavy atom. The summed E-state index contributed by atoms with van der Waals surface area (Å²) < 4.78 is 0. The molecule has 0 aromatic heterocycles. The Bertz CT molecular complexity index is 118. The Morgan fingerprint density at radius 3 is 2.55 bits per heavy atom. The second kappa shape index (κ2) is 3.64. The lowest BCUT2D eigenvalue weighted by atomic mass is 9.76. The molecule has 2 atom stereocenters. The second-order valence-electron chi connectivity index (χ2n) is 4.45. The van der Waals surface area contributed by atoms with Gasteiger partial charge in [-0.25, -0.2) is 0 Å². The van der Waals surface area contributed by atoms with Crippen molar-refractivity contribution in [3.8, 4) is 0 Å². The zero-order valence-electron chi connectivity index (χ0n) is 8.32. The molecular weight excluding hydrogens is 131 g/mol. The summed E-state index contributed by atoms with van der Waals surface area (Å²) in [7, 11) is 2.41. The van der Waals surface area contributed by atoms with Gasteiger partial charge in [-0.05, 0) is 18.3 Å². The van der Waals surface area contributed by atoms with Gasteiger partial charge in [-0.1, -0.05) is 45.3 Å². The minimum atomic E-state index is 0.758. The van der Waals surface area contributed by atoms with Crippen molar-refractivity contribution in [3.63, 3.8) is 0 Å². The van der Waals surface area contributed by atoms with Crippen LogP contribution in [0.15, 0.2) is 0 Å². The lowest BCUT2D eigenvalue weighted by molar-refractivity contribution is 0.257. The molecule has 0 nitrogen and oxygen atoms in total. The summed E-state index contributed by atoms with van der Waals surface area (Å²) in [6, 6.07) is 0. The zero-order chi connectivity index (χ0) is 8.32. The Hall–Kier alpha value is 0.0649. The smallest absolute Gasteiger partial charge is 0.0692 e. The van der Waals surface area contributed by atoms with Crippen molar-refractivity contribution in [2.24, 2.45) is 5.41 Å². The van der Waals surface area contributed by atoms with Gasteiger partial charge in [-0.2, -0.15) is 0 Å². The van der Waals surface area contributed by atoms with Gasteiger partial charge in [0.25, 0.3) is 0 Å². The fourth-order valence-electron chi connectivity index (χ4n) is 2.75. The third-order valence-electron chi connectivity index (χ3n) is 3.48. The zero-order valence-corrected chi connectivity index (χ0v) is 8.32. The Kier molecular flexibility index (Phi) is 3.03. The maximum absolute atomic E-state index is 2.41. The molecule has 2 unspecified atom stereocenters. The van der Waals surface area contributed by atoms with Crippen LogP contribution < -0.4 is 0 Å². The van der Waals surface area contributed by atoms with Crippen LogP contribution in [0.5, 0.6) is 0 Å². The van der Waals surface area contributed by atoms with E-state index in [0.29, 0.717) is 0 Å². The molecule has 0 heterocycles. The van der Waals surface area contributed by atoms with E-state index in [0.717, 1.165) is 11.2 Å². The molecule has 1 rings (SSSR count). The molecule has 0 saturated heterocycles. The van der Waals surface area contributed by atoms with Gasteiger partial charge < -0.3 is 0 Å². The average Bonchev–Trinajstić information content (AvgIpc) is 2.34. The monoisotopic (exact) mass is 152 g/mol. The number of hydrogen-bond acceptors (Lipinski definition) is 0. The molecule has 0 aromatic carbocycles. The molecule has 0 bridgehead atoms. The normalized spacial score (nSPS) is 37.8. The van der Waals surface area contributed by atoms with Crippen molar-refractivity contribution >= 4 is 7.85 Å². The Morgan fingerprint density at radius 2 is 2.18 bits per heavy atom. The van der Waals surface area contributed by atoms with E-state index in [1.54, 1.807) is 0 Å². The minimum absolute atomic E-state index is 0.758. The number of hydrogen-bond donors (Lipinski definition) is 0. The highest BCUT2D eigenvalue weighted by molar-refractivity contribution is 6.11. The predicted molar refractivity (Wildman–Crippen MR) is 53.8 cm³/mol. The van der Waals surface area contributed by atoms with Crippen molar-refractivity contribution in [2.75, 3.05) is 0 Å². The molecule has 0 aromatic rings. The summed E-state index contributed by atoms with van der Waals surface area (Å²) in [5.74, 6) is 1.00. The lowest BCUT2D eigenvalue weighted by Crippen LogP contribution is -2.14. The van der Waals surface area contributed by atoms with Crippen LogP contribution in [0.1, 0.15) is 52.4 Å². The van der Waals surface area contributed by atoms with Gasteiger partial charge in [0.15, 0.2) is 0 Å². The standard InChI is InChI=1S/C10H21B/c1-3-6-10(4-2)7-5-9(11)8-10/h9H,3-8,11H2,1-2H3. The van der Waals surface area contributed by atoms with Gasteiger partial charge in [-0.3, -0.25) is 0 Å². The first-order valence-corrected chi connectivity index (χ1v) is 5.22. The quantitative estimate of drug-likeness (QED) is 0.545. The van der Waals surface area contributed by atoms with E-state index >= 15 is 0 Å². The van der Waals surface area contributed by atoms with Crippen LogP contribution in [-0.2, 0) is 0 Å². The van der Waals surface area contributed by atoms with Crippen molar-refractivity contribution < 1.29 is 0 Å². The molecule has 1 heteroatoms. The topological polar surface area (TPSA) is 0 Å². The van der Waals surface area contributed by atoms with Crippen molar-refractivity contribution in [1.29, 1.82) is 0 Å². The second-order valence-corrected chi connectivity index (χ2v) is 4.45. The van der Waals surface area contributed by atoms with E-state index in [1.165, 1.54) is 38.5 Å². The number of rotatable bonds is 3. The van der Waals surface area contributed by atoms with Crippen LogP contribution in [0.3, 0.4) is 0 Å². The fraction of sp³-hybridized carbons (Fsp3) is 1.00. The summed E-state index contributed by atoms with van der Waals surface area (Å²) in [6.07, 6.45) is 8.73. The van der Waals surface area contributed by atoms with Gasteiger partial charge in [0.05, 0.1) is 0 Å². The maximum atomic E-state index is 2.41. The molecule has 1 fully saturated rings. The molecule has 0 N–H and O–H groups in total. The van der Waals surface area contributed by atoms with Crippen LogP contribution in [0, 0.1) is 5.41 Å². The van der Waals surface area contributed by atoms with Crippen LogP contribution in [0.4, 0.5) is 0 Å². The predicted octanol–water partition coefficient (Wildman–Crippen LogP) is 2.79. The van der Waals surface area contributed by atoms with Crippen molar-refractivity contribution in [2.45, 2.75) is 58.2 Å². The summed E-state index contributed by atoms with van der Waals surface area (Å²) in [5, 5.41) is 0. The van der Waals surface area contributed by atoms with Gasteiger partial charge in [0.2, 0.25) is 0 Å². The summed E-state index contributed by atoms with van der Waals surface area (Å²) in [4.78, 5) is 0. The largest absolute Gasteiger partial charge is 0.105 e. The van der Waals surface area contributed by atoms with E-state index in [9.17, 15) is 0 Å². The first kappa shape index (κ1) is 9.16. The van der Waals surface area contributed by atoms with Gasteiger partial charge in [0.1, 0.15) is 7.85 Å². The lowest BCUT2D eigenvalue weighted by Gasteiger charge is -2.27. The third-order valence-corrected chi connectivity index (χ3v) is 3.48. The third kappa shape index (κ3) is 2.01. The van der Waals surface area contributed by atoms with E-state index in [2.05, 4.69) is 21.7 Å². The molecule has 0 radical (unpaired) electrons. The Labute approximate surface area is 72.2 Å². The molecule has 1 saturated carbocycles. The molecule has 1 aliphatic carbocycles. The molecular formula is C10H21B. The van der Waals surface area contributed by atoms with Crippen LogP contribution in [0.2, 0.25) is 5.82 Å². The highest BCUT2D eigenvalue weighted by atomic mass is 14.4. The van der Waals surface area contributed by atoms with Gasteiger partial charge >= 0.3 is 0 Å². The molecule has 11 heavy (non-hydrogen) atoms. The molecule has 64 valence electrons. The van der Waals surface area contributed by atoms with Crippen molar-refractivity contribution in [3.05, 3.63) is 0 Å². The van der Waals surface area contributed by atoms with E-state index in [1.807, 2.05) is 0 Å².